The van der Waals surface area contributed by atoms with Crippen molar-refractivity contribution < 1.29 is 9.90 Å². The summed E-state index contributed by atoms with van der Waals surface area (Å²) in [4.78, 5) is 16.7. The highest BCUT2D eigenvalue weighted by molar-refractivity contribution is 5.79. The Morgan fingerprint density at radius 3 is 2.37 bits per heavy atom. The molecule has 0 radical (unpaired) electrons. The van der Waals surface area contributed by atoms with Gasteiger partial charge in [0.25, 0.3) is 0 Å². The fraction of sp³-hybridized carbons (Fsp3) is 0.933. The first kappa shape index (κ1) is 14.8. The standard InChI is InChI=1S/C15H28N2O2/c1-11-7-8-16(9-14(11)18)10-15(19)17-12(2)5-4-6-13(17)3/h11-14,18H,4-10H2,1-3H3. The van der Waals surface area contributed by atoms with E-state index in [0.29, 0.717) is 31.1 Å². The summed E-state index contributed by atoms with van der Waals surface area (Å²) in [5.74, 6) is 0.598. The Morgan fingerprint density at radius 2 is 1.79 bits per heavy atom. The second-order valence-electron chi connectivity index (χ2n) is 6.50. The van der Waals surface area contributed by atoms with Gasteiger partial charge in [-0.05, 0) is 52.0 Å². The Bertz CT molecular complexity index is 311. The van der Waals surface area contributed by atoms with Crippen LogP contribution in [-0.4, -0.2) is 58.6 Å². The summed E-state index contributed by atoms with van der Waals surface area (Å²) in [6.45, 7) is 8.43. The molecule has 2 rings (SSSR count). The molecule has 0 aromatic carbocycles. The van der Waals surface area contributed by atoms with Crippen LogP contribution in [0.3, 0.4) is 0 Å². The van der Waals surface area contributed by atoms with Crippen LogP contribution in [0.5, 0.6) is 0 Å². The lowest BCUT2D eigenvalue weighted by atomic mass is 9.95. The molecule has 0 aromatic rings. The van der Waals surface area contributed by atoms with Crippen molar-refractivity contribution in [1.29, 1.82) is 0 Å². The Morgan fingerprint density at radius 1 is 1.16 bits per heavy atom. The monoisotopic (exact) mass is 268 g/mol. The first-order chi connectivity index (χ1) is 8.99. The van der Waals surface area contributed by atoms with Crippen molar-refractivity contribution in [2.24, 2.45) is 5.92 Å². The maximum atomic E-state index is 12.5. The number of nitrogens with zero attached hydrogens (tertiary/aromatic N) is 2. The molecule has 2 saturated heterocycles. The Labute approximate surface area is 116 Å². The number of β-amino-alcohol motifs (C(OH)–C–C–N with tert-alkyl or cyclic N) is 1. The summed E-state index contributed by atoms with van der Waals surface area (Å²) in [6.07, 6.45) is 4.18. The number of hydrogen-bond acceptors (Lipinski definition) is 3. The third kappa shape index (κ3) is 3.48. The fourth-order valence-corrected chi connectivity index (χ4v) is 3.44. The zero-order valence-electron chi connectivity index (χ0n) is 12.5. The van der Waals surface area contributed by atoms with E-state index >= 15 is 0 Å². The normalized spacial score (nSPS) is 37.4. The minimum Gasteiger partial charge on any atom is -0.392 e. The highest BCUT2D eigenvalue weighted by Gasteiger charge is 2.31. The molecular formula is C15H28N2O2. The van der Waals surface area contributed by atoms with E-state index in [1.807, 2.05) is 0 Å². The average molecular weight is 268 g/mol. The van der Waals surface area contributed by atoms with Crippen LogP contribution in [0.1, 0.15) is 46.5 Å². The van der Waals surface area contributed by atoms with Gasteiger partial charge in [0.15, 0.2) is 0 Å². The number of amides is 1. The van der Waals surface area contributed by atoms with Gasteiger partial charge in [0.05, 0.1) is 12.6 Å². The van der Waals surface area contributed by atoms with E-state index in [0.717, 1.165) is 25.8 Å². The van der Waals surface area contributed by atoms with Gasteiger partial charge >= 0.3 is 0 Å². The first-order valence-electron chi connectivity index (χ1n) is 7.70. The maximum Gasteiger partial charge on any atom is 0.237 e. The number of carbonyl (C=O) groups is 1. The van der Waals surface area contributed by atoms with Crippen LogP contribution in [0.25, 0.3) is 0 Å². The highest BCUT2D eigenvalue weighted by Crippen LogP contribution is 2.23. The van der Waals surface area contributed by atoms with Crippen molar-refractivity contribution in [2.75, 3.05) is 19.6 Å². The fourth-order valence-electron chi connectivity index (χ4n) is 3.44. The molecule has 4 heteroatoms. The van der Waals surface area contributed by atoms with E-state index in [1.54, 1.807) is 0 Å². The van der Waals surface area contributed by atoms with Gasteiger partial charge in [0, 0.05) is 18.6 Å². The van der Waals surface area contributed by atoms with E-state index < -0.39 is 0 Å². The van der Waals surface area contributed by atoms with Gasteiger partial charge in [-0.1, -0.05) is 6.92 Å². The zero-order valence-corrected chi connectivity index (χ0v) is 12.5. The number of likely N-dealkylation sites (tertiary alicyclic amines) is 2. The van der Waals surface area contributed by atoms with Crippen molar-refractivity contribution in [3.63, 3.8) is 0 Å². The molecule has 4 atom stereocenters. The molecule has 2 aliphatic rings. The van der Waals surface area contributed by atoms with Crippen LogP contribution >= 0.6 is 0 Å². The molecule has 2 heterocycles. The number of aliphatic hydroxyl groups is 1. The van der Waals surface area contributed by atoms with Crippen LogP contribution in [0.15, 0.2) is 0 Å². The van der Waals surface area contributed by atoms with Crippen LogP contribution in [0.4, 0.5) is 0 Å². The zero-order chi connectivity index (χ0) is 14.0. The Balaban J connectivity index is 1.89. The third-order valence-electron chi connectivity index (χ3n) is 4.84. The molecular weight excluding hydrogens is 240 g/mol. The van der Waals surface area contributed by atoms with Crippen LogP contribution < -0.4 is 0 Å². The molecule has 0 aromatic heterocycles. The van der Waals surface area contributed by atoms with Crippen LogP contribution in [-0.2, 0) is 4.79 Å². The average Bonchev–Trinajstić information content (AvgIpc) is 2.33. The summed E-state index contributed by atoms with van der Waals surface area (Å²) in [5.41, 5.74) is 0. The summed E-state index contributed by atoms with van der Waals surface area (Å²) in [5, 5.41) is 9.91. The molecule has 2 aliphatic heterocycles. The van der Waals surface area contributed by atoms with Crippen LogP contribution in [0, 0.1) is 5.92 Å². The number of rotatable bonds is 2. The van der Waals surface area contributed by atoms with E-state index in [4.69, 9.17) is 0 Å². The quantitative estimate of drug-likeness (QED) is 0.825. The summed E-state index contributed by atoms with van der Waals surface area (Å²) in [7, 11) is 0. The minimum atomic E-state index is -0.280. The first-order valence-corrected chi connectivity index (χ1v) is 7.70. The Kier molecular flexibility index (Phi) is 4.85. The molecule has 4 nitrogen and oxygen atoms in total. The van der Waals surface area contributed by atoms with Gasteiger partial charge in [0.1, 0.15) is 0 Å². The van der Waals surface area contributed by atoms with Gasteiger partial charge in [0.2, 0.25) is 5.91 Å². The summed E-state index contributed by atoms with van der Waals surface area (Å²) < 4.78 is 0. The van der Waals surface area contributed by atoms with Crippen molar-refractivity contribution >= 4 is 5.91 Å². The lowest BCUT2D eigenvalue weighted by Crippen LogP contribution is -2.53. The second-order valence-corrected chi connectivity index (χ2v) is 6.50. The maximum absolute atomic E-state index is 12.5. The Hall–Kier alpha value is -0.610. The van der Waals surface area contributed by atoms with Crippen molar-refractivity contribution in [1.82, 2.24) is 9.80 Å². The predicted octanol–water partition coefficient (Wildman–Crippen LogP) is 1.48. The molecule has 2 fully saturated rings. The molecule has 19 heavy (non-hydrogen) atoms. The smallest absolute Gasteiger partial charge is 0.237 e. The van der Waals surface area contributed by atoms with Gasteiger partial charge in [-0.25, -0.2) is 0 Å². The topological polar surface area (TPSA) is 43.8 Å². The number of piperidine rings is 2. The van der Waals surface area contributed by atoms with Crippen molar-refractivity contribution in [3.8, 4) is 0 Å². The molecule has 0 saturated carbocycles. The summed E-state index contributed by atoms with van der Waals surface area (Å²) >= 11 is 0. The van der Waals surface area contributed by atoms with E-state index in [9.17, 15) is 9.90 Å². The van der Waals surface area contributed by atoms with Gasteiger partial charge in [-0.3, -0.25) is 9.69 Å². The van der Waals surface area contributed by atoms with Gasteiger partial charge in [-0.2, -0.15) is 0 Å². The van der Waals surface area contributed by atoms with Gasteiger partial charge in [-0.15, -0.1) is 0 Å². The molecule has 1 amide bonds. The van der Waals surface area contributed by atoms with Crippen molar-refractivity contribution in [2.45, 2.75) is 64.6 Å². The SMILES string of the molecule is CC1CCN(CC(=O)N2C(C)CCCC2C)CC1O. The number of hydrogen-bond donors (Lipinski definition) is 1. The number of carbonyl (C=O) groups excluding carboxylic acids is 1. The van der Waals surface area contributed by atoms with Crippen LogP contribution in [0.2, 0.25) is 0 Å². The van der Waals surface area contributed by atoms with E-state index in [1.165, 1.54) is 6.42 Å². The van der Waals surface area contributed by atoms with Crippen molar-refractivity contribution in [3.05, 3.63) is 0 Å². The molecule has 0 spiro atoms. The number of aliphatic hydroxyl groups excluding tert-OH is 1. The van der Waals surface area contributed by atoms with E-state index in [-0.39, 0.29) is 12.0 Å². The molecule has 110 valence electrons. The molecule has 0 bridgehead atoms. The molecule has 4 unspecified atom stereocenters. The second kappa shape index (κ2) is 6.23. The summed E-state index contributed by atoms with van der Waals surface area (Å²) in [6, 6.07) is 0.731. The third-order valence-corrected chi connectivity index (χ3v) is 4.84. The highest BCUT2D eigenvalue weighted by atomic mass is 16.3. The van der Waals surface area contributed by atoms with Gasteiger partial charge < -0.3 is 10.0 Å². The lowest BCUT2D eigenvalue weighted by Gasteiger charge is -2.41. The van der Waals surface area contributed by atoms with E-state index in [2.05, 4.69) is 30.6 Å². The molecule has 1 N–H and O–H groups in total. The lowest BCUT2D eigenvalue weighted by molar-refractivity contribution is -0.139. The largest absolute Gasteiger partial charge is 0.392 e. The molecule has 0 aliphatic carbocycles. The predicted molar refractivity (Wildman–Crippen MR) is 75.8 cm³/mol. The minimum absolute atomic E-state index is 0.237.